The Hall–Kier alpha value is -2.66. The number of rotatable bonds is 6. The maximum Gasteiger partial charge on any atom is 0.241 e. The van der Waals surface area contributed by atoms with Crippen molar-refractivity contribution in [3.05, 3.63) is 65.2 Å². The highest BCUT2D eigenvalue weighted by atomic mass is 16.2. The molecule has 0 bridgehead atoms. The second-order valence-corrected chi connectivity index (χ2v) is 7.95. The van der Waals surface area contributed by atoms with Crippen molar-refractivity contribution in [2.24, 2.45) is 5.92 Å². The van der Waals surface area contributed by atoms with Gasteiger partial charge in [0, 0.05) is 18.2 Å². The zero-order valence-corrected chi connectivity index (χ0v) is 17.6. The summed E-state index contributed by atoms with van der Waals surface area (Å²) in [4.78, 5) is 27.4. The molecule has 2 N–H and O–H groups in total. The lowest BCUT2D eigenvalue weighted by molar-refractivity contribution is -0.127. The van der Waals surface area contributed by atoms with Gasteiger partial charge in [0.2, 0.25) is 11.8 Å². The van der Waals surface area contributed by atoms with Gasteiger partial charge < -0.3 is 10.6 Å². The predicted molar refractivity (Wildman–Crippen MR) is 117 cm³/mol. The standard InChI is InChI=1S/C24H31N3O2/c1-17-8-7-9-18(2)22(17)26-23(28)19(3)27-14-12-21(13-15-27)24(29)25-16-20-10-5-4-6-11-20/h4-11,19,21H,12-16H2,1-3H3,(H,25,29)(H,26,28)/t19-/m0/s1. The summed E-state index contributed by atoms with van der Waals surface area (Å²) in [6.45, 7) is 8.03. The number of benzene rings is 2. The van der Waals surface area contributed by atoms with Gasteiger partial charge in [-0.05, 0) is 63.4 Å². The lowest BCUT2D eigenvalue weighted by Crippen LogP contribution is -2.48. The zero-order chi connectivity index (χ0) is 20.8. The molecule has 5 heteroatoms. The Morgan fingerprint density at radius 3 is 2.24 bits per heavy atom. The van der Waals surface area contributed by atoms with Gasteiger partial charge in [0.25, 0.3) is 0 Å². The van der Waals surface area contributed by atoms with Crippen LogP contribution in [0, 0.1) is 19.8 Å². The van der Waals surface area contributed by atoms with Gasteiger partial charge in [0.05, 0.1) is 6.04 Å². The molecule has 29 heavy (non-hydrogen) atoms. The Morgan fingerprint density at radius 1 is 1.00 bits per heavy atom. The number of likely N-dealkylation sites (tertiary alicyclic amines) is 1. The summed E-state index contributed by atoms with van der Waals surface area (Å²) in [5.74, 6) is 0.138. The van der Waals surface area contributed by atoms with Crippen LogP contribution in [0.25, 0.3) is 0 Å². The number of anilines is 1. The average Bonchev–Trinajstić information content (AvgIpc) is 2.75. The molecule has 1 atom stereocenters. The van der Waals surface area contributed by atoms with Crippen molar-refractivity contribution in [3.63, 3.8) is 0 Å². The van der Waals surface area contributed by atoms with Gasteiger partial charge in [-0.2, -0.15) is 0 Å². The SMILES string of the molecule is Cc1cccc(C)c1NC(=O)[C@H](C)N1CCC(C(=O)NCc2ccccc2)CC1. The van der Waals surface area contributed by atoms with E-state index >= 15 is 0 Å². The van der Waals surface area contributed by atoms with E-state index in [2.05, 4.69) is 15.5 Å². The van der Waals surface area contributed by atoms with Gasteiger partial charge in [0.15, 0.2) is 0 Å². The van der Waals surface area contributed by atoms with Crippen LogP contribution in [0.1, 0.15) is 36.5 Å². The fourth-order valence-corrected chi connectivity index (χ4v) is 3.88. The number of nitrogens with zero attached hydrogens (tertiary/aromatic N) is 1. The molecule has 1 fully saturated rings. The maximum absolute atomic E-state index is 12.8. The number of amides is 2. The monoisotopic (exact) mass is 393 g/mol. The first-order valence-electron chi connectivity index (χ1n) is 10.4. The van der Waals surface area contributed by atoms with Gasteiger partial charge >= 0.3 is 0 Å². The van der Waals surface area contributed by atoms with Crippen molar-refractivity contribution in [2.75, 3.05) is 18.4 Å². The highest BCUT2D eigenvalue weighted by Crippen LogP contribution is 2.22. The minimum Gasteiger partial charge on any atom is -0.352 e. The molecule has 0 radical (unpaired) electrons. The molecule has 1 aliphatic rings. The molecule has 0 saturated carbocycles. The largest absolute Gasteiger partial charge is 0.352 e. The van der Waals surface area contributed by atoms with Gasteiger partial charge in [-0.1, -0.05) is 48.5 Å². The van der Waals surface area contributed by atoms with E-state index in [4.69, 9.17) is 0 Å². The normalized spacial score (nSPS) is 16.2. The first kappa shape index (κ1) is 21.1. The highest BCUT2D eigenvalue weighted by molar-refractivity contribution is 5.95. The fraction of sp³-hybridized carbons (Fsp3) is 0.417. The lowest BCUT2D eigenvalue weighted by atomic mass is 9.94. The zero-order valence-electron chi connectivity index (χ0n) is 17.6. The van der Waals surface area contributed by atoms with E-state index in [1.807, 2.05) is 69.3 Å². The molecule has 2 aromatic carbocycles. The number of nitrogens with one attached hydrogen (secondary N) is 2. The van der Waals surface area contributed by atoms with E-state index in [1.54, 1.807) is 0 Å². The van der Waals surface area contributed by atoms with Crippen LogP contribution in [-0.4, -0.2) is 35.8 Å². The van der Waals surface area contributed by atoms with Crippen LogP contribution in [0.2, 0.25) is 0 Å². The van der Waals surface area contributed by atoms with E-state index in [9.17, 15) is 9.59 Å². The van der Waals surface area contributed by atoms with Gasteiger partial charge in [0.1, 0.15) is 0 Å². The highest BCUT2D eigenvalue weighted by Gasteiger charge is 2.29. The van der Waals surface area contributed by atoms with E-state index in [1.165, 1.54) is 0 Å². The molecule has 3 rings (SSSR count). The number of para-hydroxylation sites is 1. The molecule has 2 aromatic rings. The molecule has 0 aliphatic carbocycles. The third kappa shape index (κ3) is 5.45. The predicted octanol–water partition coefficient (Wildman–Crippen LogP) is 3.66. The smallest absolute Gasteiger partial charge is 0.241 e. The topological polar surface area (TPSA) is 61.4 Å². The fourth-order valence-electron chi connectivity index (χ4n) is 3.88. The molecule has 0 aromatic heterocycles. The summed E-state index contributed by atoms with van der Waals surface area (Å²) in [6, 6.07) is 15.7. The van der Waals surface area contributed by atoms with Crippen molar-refractivity contribution in [1.29, 1.82) is 0 Å². The van der Waals surface area contributed by atoms with Crippen molar-refractivity contribution in [1.82, 2.24) is 10.2 Å². The molecule has 1 heterocycles. The molecule has 1 aliphatic heterocycles. The summed E-state index contributed by atoms with van der Waals surface area (Å²) in [5, 5.41) is 6.13. The van der Waals surface area contributed by atoms with Gasteiger partial charge in [-0.15, -0.1) is 0 Å². The van der Waals surface area contributed by atoms with Crippen LogP contribution >= 0.6 is 0 Å². The molecule has 5 nitrogen and oxygen atoms in total. The Labute approximate surface area is 173 Å². The number of carbonyl (C=O) groups excluding carboxylic acids is 2. The number of carbonyl (C=O) groups is 2. The number of aryl methyl sites for hydroxylation is 2. The Bertz CT molecular complexity index is 822. The number of piperidine rings is 1. The van der Waals surface area contributed by atoms with Crippen molar-refractivity contribution in [3.8, 4) is 0 Å². The summed E-state index contributed by atoms with van der Waals surface area (Å²) < 4.78 is 0. The quantitative estimate of drug-likeness (QED) is 0.787. The van der Waals surface area contributed by atoms with E-state index in [0.717, 1.165) is 48.3 Å². The molecule has 154 valence electrons. The van der Waals surface area contributed by atoms with E-state index < -0.39 is 0 Å². The Kier molecular flexibility index (Phi) is 7.04. The third-order valence-electron chi connectivity index (χ3n) is 5.87. The number of hydrogen-bond donors (Lipinski definition) is 2. The van der Waals surface area contributed by atoms with Crippen molar-refractivity contribution < 1.29 is 9.59 Å². The molecule has 1 saturated heterocycles. The van der Waals surface area contributed by atoms with Crippen molar-refractivity contribution in [2.45, 2.75) is 46.2 Å². The van der Waals surface area contributed by atoms with Crippen LogP contribution in [0.15, 0.2) is 48.5 Å². The van der Waals surface area contributed by atoms with Crippen LogP contribution in [0.4, 0.5) is 5.69 Å². The van der Waals surface area contributed by atoms with Gasteiger partial charge in [-0.25, -0.2) is 0 Å². The summed E-state index contributed by atoms with van der Waals surface area (Å²) in [7, 11) is 0. The summed E-state index contributed by atoms with van der Waals surface area (Å²) >= 11 is 0. The lowest BCUT2D eigenvalue weighted by Gasteiger charge is -2.35. The molecule has 2 amide bonds. The first-order chi connectivity index (χ1) is 14.0. The molecular weight excluding hydrogens is 362 g/mol. The van der Waals surface area contributed by atoms with Crippen LogP contribution in [0.5, 0.6) is 0 Å². The van der Waals surface area contributed by atoms with Crippen LogP contribution in [-0.2, 0) is 16.1 Å². The second-order valence-electron chi connectivity index (χ2n) is 7.95. The first-order valence-corrected chi connectivity index (χ1v) is 10.4. The van der Waals surface area contributed by atoms with E-state index in [0.29, 0.717) is 6.54 Å². The minimum atomic E-state index is -0.220. The third-order valence-corrected chi connectivity index (χ3v) is 5.87. The van der Waals surface area contributed by atoms with Gasteiger partial charge in [-0.3, -0.25) is 14.5 Å². The summed E-state index contributed by atoms with van der Waals surface area (Å²) in [5.41, 5.74) is 4.15. The Morgan fingerprint density at radius 2 is 1.62 bits per heavy atom. The molecule has 0 unspecified atom stereocenters. The second kappa shape index (κ2) is 9.70. The molecule has 0 spiro atoms. The molecular formula is C24H31N3O2. The Balaban J connectivity index is 1.48. The van der Waals surface area contributed by atoms with Crippen molar-refractivity contribution >= 4 is 17.5 Å². The van der Waals surface area contributed by atoms with Crippen LogP contribution in [0.3, 0.4) is 0 Å². The van der Waals surface area contributed by atoms with Crippen LogP contribution < -0.4 is 10.6 Å². The number of hydrogen-bond acceptors (Lipinski definition) is 3. The van der Waals surface area contributed by atoms with E-state index in [-0.39, 0.29) is 23.8 Å². The minimum absolute atomic E-state index is 0.00868. The maximum atomic E-state index is 12.8. The average molecular weight is 394 g/mol. The summed E-state index contributed by atoms with van der Waals surface area (Å²) in [6.07, 6.45) is 1.56.